The topological polar surface area (TPSA) is 84.3 Å². The quantitative estimate of drug-likeness (QED) is 0.611. The number of benzene rings is 1. The van der Waals surface area contributed by atoms with E-state index in [0.29, 0.717) is 36.0 Å². The maximum atomic E-state index is 13.4. The number of hydrogen-bond acceptors (Lipinski definition) is 5. The molecule has 1 amide bonds. The van der Waals surface area contributed by atoms with Crippen LogP contribution >= 0.6 is 11.3 Å². The molecule has 0 bridgehead atoms. The highest BCUT2D eigenvalue weighted by Crippen LogP contribution is 2.28. The second kappa shape index (κ2) is 8.89. The monoisotopic (exact) mass is 462 g/mol. The first kappa shape index (κ1) is 21.7. The average Bonchev–Trinajstić information content (AvgIpc) is 3.45. The Balaban J connectivity index is 1.46. The maximum absolute atomic E-state index is 13.4. The van der Waals surface area contributed by atoms with E-state index in [0.717, 1.165) is 5.56 Å². The molecule has 1 aliphatic heterocycles. The summed E-state index contributed by atoms with van der Waals surface area (Å²) in [5, 5.41) is 4.77. The van der Waals surface area contributed by atoms with Crippen LogP contribution in [-0.4, -0.2) is 41.3 Å². The van der Waals surface area contributed by atoms with Crippen molar-refractivity contribution in [3.05, 3.63) is 71.4 Å². The van der Waals surface area contributed by atoms with Gasteiger partial charge < -0.3 is 9.88 Å². The normalized spacial score (nSPS) is 16.8. The summed E-state index contributed by atoms with van der Waals surface area (Å²) >= 11 is 1.19. The molecule has 1 saturated heterocycles. The van der Waals surface area contributed by atoms with Gasteiger partial charge >= 0.3 is 0 Å². The second-order valence-corrected chi connectivity index (χ2v) is 10.6. The van der Waals surface area contributed by atoms with Crippen molar-refractivity contribution in [2.45, 2.75) is 23.1 Å². The van der Waals surface area contributed by atoms with Crippen LogP contribution in [0.2, 0.25) is 0 Å². The number of sulfonamides is 1. The lowest BCUT2D eigenvalue weighted by molar-refractivity contribution is -0.126. The zero-order valence-corrected chi connectivity index (χ0v) is 18.6. The van der Waals surface area contributed by atoms with Crippen LogP contribution in [-0.2, 0) is 21.9 Å². The Hall–Kier alpha value is -2.56. The van der Waals surface area contributed by atoms with Crippen molar-refractivity contribution in [2.24, 2.45) is 13.0 Å². The number of amides is 1. The highest BCUT2D eigenvalue weighted by molar-refractivity contribution is 7.91. The SMILES string of the molecule is Cn1ccnc1[C@@H](NC(=O)C1CCN(S(=O)(=O)c2cccs2)CC1)c1ccc(F)cc1. The predicted octanol–water partition coefficient (Wildman–Crippen LogP) is 2.93. The third-order valence-electron chi connectivity index (χ3n) is 5.52. The van der Waals surface area contributed by atoms with Gasteiger partial charge in [-0.25, -0.2) is 17.8 Å². The summed E-state index contributed by atoms with van der Waals surface area (Å²) in [6.45, 7) is 0.587. The van der Waals surface area contributed by atoms with E-state index in [9.17, 15) is 17.6 Å². The maximum Gasteiger partial charge on any atom is 0.252 e. The van der Waals surface area contributed by atoms with Gasteiger partial charge in [-0.3, -0.25) is 4.79 Å². The molecular formula is C21H23FN4O3S2. The number of thiophene rings is 1. The Morgan fingerprint density at radius 3 is 2.52 bits per heavy atom. The van der Waals surface area contributed by atoms with E-state index in [-0.39, 0.29) is 17.6 Å². The van der Waals surface area contributed by atoms with Crippen LogP contribution in [0.4, 0.5) is 4.39 Å². The first-order valence-electron chi connectivity index (χ1n) is 9.93. The van der Waals surface area contributed by atoms with Crippen LogP contribution < -0.4 is 5.32 Å². The van der Waals surface area contributed by atoms with Crippen molar-refractivity contribution in [1.29, 1.82) is 0 Å². The number of nitrogens with one attached hydrogen (secondary N) is 1. The summed E-state index contributed by atoms with van der Waals surface area (Å²) in [6, 6.07) is 8.75. The van der Waals surface area contributed by atoms with E-state index in [1.165, 1.54) is 27.8 Å². The van der Waals surface area contributed by atoms with Gasteiger partial charge in [-0.05, 0) is 42.0 Å². The van der Waals surface area contributed by atoms with Crippen molar-refractivity contribution in [1.82, 2.24) is 19.2 Å². The molecule has 0 aliphatic carbocycles. The van der Waals surface area contributed by atoms with Gasteiger partial charge in [0, 0.05) is 38.4 Å². The summed E-state index contributed by atoms with van der Waals surface area (Å²) in [6.07, 6.45) is 4.30. The van der Waals surface area contributed by atoms with Gasteiger partial charge in [-0.1, -0.05) is 18.2 Å². The molecule has 0 unspecified atom stereocenters. The number of rotatable bonds is 6. The first-order valence-corrected chi connectivity index (χ1v) is 12.2. The largest absolute Gasteiger partial charge is 0.342 e. The lowest BCUT2D eigenvalue weighted by atomic mass is 9.96. The Bertz CT molecular complexity index is 1140. The number of imidazole rings is 1. The minimum Gasteiger partial charge on any atom is -0.342 e. The van der Waals surface area contributed by atoms with E-state index < -0.39 is 16.1 Å². The number of aryl methyl sites for hydroxylation is 1. The van der Waals surface area contributed by atoms with Crippen molar-refractivity contribution in [3.63, 3.8) is 0 Å². The molecule has 1 atom stereocenters. The van der Waals surface area contributed by atoms with Crippen molar-refractivity contribution >= 4 is 27.3 Å². The molecule has 3 heterocycles. The summed E-state index contributed by atoms with van der Waals surface area (Å²) in [7, 11) is -1.68. The summed E-state index contributed by atoms with van der Waals surface area (Å²) < 4.78 is 42.4. The summed E-state index contributed by atoms with van der Waals surface area (Å²) in [5.41, 5.74) is 0.724. The highest BCUT2D eigenvalue weighted by atomic mass is 32.2. The number of nitrogens with zero attached hydrogens (tertiary/aromatic N) is 3. The molecule has 10 heteroatoms. The number of hydrogen-bond donors (Lipinski definition) is 1. The molecule has 0 saturated carbocycles. The van der Waals surface area contributed by atoms with Gasteiger partial charge in [-0.2, -0.15) is 4.31 Å². The number of carbonyl (C=O) groups excluding carboxylic acids is 1. The zero-order valence-electron chi connectivity index (χ0n) is 16.9. The van der Waals surface area contributed by atoms with E-state index in [4.69, 9.17) is 0 Å². The fourth-order valence-corrected chi connectivity index (χ4v) is 6.38. The first-order chi connectivity index (χ1) is 14.9. The number of carbonyl (C=O) groups is 1. The zero-order chi connectivity index (χ0) is 22.0. The van der Waals surface area contributed by atoms with Crippen LogP contribution in [0.25, 0.3) is 0 Å². The molecular weight excluding hydrogens is 439 g/mol. The van der Waals surface area contributed by atoms with Crippen LogP contribution in [0.1, 0.15) is 30.3 Å². The molecule has 1 aromatic carbocycles. The van der Waals surface area contributed by atoms with Crippen molar-refractivity contribution < 1.29 is 17.6 Å². The number of piperidine rings is 1. The Kier molecular flexibility index (Phi) is 6.22. The van der Waals surface area contributed by atoms with Gasteiger partial charge in [0.2, 0.25) is 5.91 Å². The van der Waals surface area contributed by atoms with Crippen LogP contribution in [0.5, 0.6) is 0 Å². The molecule has 0 spiro atoms. The van der Waals surface area contributed by atoms with Crippen LogP contribution in [0.15, 0.2) is 58.4 Å². The van der Waals surface area contributed by atoms with Gasteiger partial charge in [0.15, 0.2) is 0 Å². The highest BCUT2D eigenvalue weighted by Gasteiger charge is 2.33. The van der Waals surface area contributed by atoms with Crippen LogP contribution in [0.3, 0.4) is 0 Å². The number of aromatic nitrogens is 2. The molecule has 1 N–H and O–H groups in total. The molecule has 0 radical (unpaired) electrons. The third-order valence-corrected chi connectivity index (χ3v) is 8.79. The minimum absolute atomic E-state index is 0.162. The molecule has 1 fully saturated rings. The van der Waals surface area contributed by atoms with Crippen molar-refractivity contribution in [2.75, 3.05) is 13.1 Å². The molecule has 2 aromatic heterocycles. The molecule has 31 heavy (non-hydrogen) atoms. The number of halogens is 1. The fraction of sp³-hybridized carbons (Fsp3) is 0.333. The van der Waals surface area contributed by atoms with E-state index >= 15 is 0 Å². The smallest absolute Gasteiger partial charge is 0.252 e. The lowest BCUT2D eigenvalue weighted by Crippen LogP contribution is -2.44. The Morgan fingerprint density at radius 2 is 1.94 bits per heavy atom. The Morgan fingerprint density at radius 1 is 1.23 bits per heavy atom. The fourth-order valence-electron chi connectivity index (χ4n) is 3.76. The van der Waals surface area contributed by atoms with Gasteiger partial charge in [0.05, 0.1) is 0 Å². The van der Waals surface area contributed by atoms with Gasteiger partial charge in [-0.15, -0.1) is 11.3 Å². The van der Waals surface area contributed by atoms with E-state index in [2.05, 4.69) is 10.3 Å². The van der Waals surface area contributed by atoms with Gasteiger partial charge in [0.25, 0.3) is 10.0 Å². The summed E-state index contributed by atoms with van der Waals surface area (Å²) in [5.74, 6) is -0.186. The predicted molar refractivity (Wildman–Crippen MR) is 115 cm³/mol. The van der Waals surface area contributed by atoms with Gasteiger partial charge in [0.1, 0.15) is 21.9 Å². The summed E-state index contributed by atoms with van der Waals surface area (Å²) in [4.78, 5) is 17.4. The molecule has 1 aliphatic rings. The minimum atomic E-state index is -3.51. The average molecular weight is 463 g/mol. The van der Waals surface area contributed by atoms with E-state index in [1.807, 2.05) is 11.6 Å². The lowest BCUT2D eigenvalue weighted by Gasteiger charge is -2.31. The molecule has 3 aromatic rings. The Labute approximate surface area is 184 Å². The van der Waals surface area contributed by atoms with Crippen molar-refractivity contribution in [3.8, 4) is 0 Å². The third kappa shape index (κ3) is 4.56. The molecule has 164 valence electrons. The molecule has 4 rings (SSSR count). The van der Waals surface area contributed by atoms with Crippen LogP contribution in [0, 0.1) is 11.7 Å². The second-order valence-electron chi connectivity index (χ2n) is 7.50. The van der Waals surface area contributed by atoms with E-state index in [1.54, 1.807) is 42.0 Å². The molecule has 7 nitrogen and oxygen atoms in total. The standard InChI is InChI=1S/C21H23FN4O3S2/c1-25-13-10-23-20(25)19(15-4-6-17(22)7-5-15)24-21(27)16-8-11-26(12-9-16)31(28,29)18-3-2-14-30-18/h2-7,10,13-14,16,19H,8-9,11-12H2,1H3,(H,24,27)/t19-/m0/s1.